The minimum atomic E-state index is -0.176. The van der Waals surface area contributed by atoms with Gasteiger partial charge in [-0.3, -0.25) is 4.90 Å². The summed E-state index contributed by atoms with van der Waals surface area (Å²) in [5.41, 5.74) is 3.05. The van der Waals surface area contributed by atoms with Gasteiger partial charge in [0.05, 0.1) is 26.0 Å². The molecule has 5 rings (SSSR count). The van der Waals surface area contributed by atoms with E-state index < -0.39 is 0 Å². The first kappa shape index (κ1) is 17.8. The Kier molecular flexibility index (Phi) is 4.64. The monoisotopic (exact) mass is 384 g/mol. The van der Waals surface area contributed by atoms with Crippen LogP contribution in [-0.4, -0.2) is 54.3 Å². The molecule has 1 aromatic heterocycles. The van der Waals surface area contributed by atoms with Crippen LogP contribution in [0.3, 0.4) is 0 Å². The molecule has 3 aliphatic heterocycles. The Morgan fingerprint density at radius 1 is 1.25 bits per heavy atom. The number of morpholine rings is 1. The van der Waals surface area contributed by atoms with Gasteiger partial charge >= 0.3 is 0 Å². The average Bonchev–Trinajstić information content (AvgIpc) is 3.01. The number of rotatable bonds is 4. The van der Waals surface area contributed by atoms with Crippen LogP contribution in [0.2, 0.25) is 0 Å². The Hall–Kier alpha value is -2.25. The predicted octanol–water partition coefficient (Wildman–Crippen LogP) is 2.72. The minimum Gasteiger partial charge on any atom is -0.497 e. The van der Waals surface area contributed by atoms with E-state index >= 15 is 0 Å². The zero-order valence-electron chi connectivity index (χ0n) is 16.1. The molecule has 0 aliphatic carbocycles. The zero-order chi connectivity index (χ0) is 19.1. The molecule has 7 heteroatoms. The van der Waals surface area contributed by atoms with Crippen molar-refractivity contribution in [2.45, 2.75) is 37.9 Å². The Balaban J connectivity index is 1.40. The van der Waals surface area contributed by atoms with Gasteiger partial charge in [0.15, 0.2) is 0 Å². The van der Waals surface area contributed by atoms with Crippen LogP contribution >= 0.6 is 0 Å². The van der Waals surface area contributed by atoms with E-state index in [-0.39, 0.29) is 11.9 Å². The van der Waals surface area contributed by atoms with Crippen molar-refractivity contribution < 1.29 is 13.9 Å². The van der Waals surface area contributed by atoms with E-state index in [0.29, 0.717) is 23.9 Å². The second-order valence-corrected chi connectivity index (χ2v) is 7.75. The molecular weight excluding hydrogens is 359 g/mol. The van der Waals surface area contributed by atoms with Crippen LogP contribution in [0.1, 0.15) is 35.7 Å². The predicted molar refractivity (Wildman–Crippen MR) is 103 cm³/mol. The SMILES string of the molecule is COc1ccc(F)c(CN2C3CCC2c2cnc(N4CCOCC4)nc2C3)c1. The van der Waals surface area contributed by atoms with Crippen LogP contribution in [0.5, 0.6) is 5.75 Å². The lowest BCUT2D eigenvalue weighted by Crippen LogP contribution is -2.40. The third-order valence-electron chi connectivity index (χ3n) is 6.22. The number of nitrogens with zero attached hydrogens (tertiary/aromatic N) is 4. The van der Waals surface area contributed by atoms with Crippen LogP contribution in [0.25, 0.3) is 0 Å². The van der Waals surface area contributed by atoms with Crippen molar-refractivity contribution in [2.24, 2.45) is 0 Å². The molecule has 6 nitrogen and oxygen atoms in total. The molecule has 2 saturated heterocycles. The molecule has 2 fully saturated rings. The fraction of sp³-hybridized carbons (Fsp3) is 0.524. The molecule has 0 spiro atoms. The molecule has 0 amide bonds. The highest BCUT2D eigenvalue weighted by molar-refractivity contribution is 5.38. The highest BCUT2D eigenvalue weighted by Gasteiger charge is 2.41. The molecule has 4 heterocycles. The lowest BCUT2D eigenvalue weighted by Gasteiger charge is -2.36. The summed E-state index contributed by atoms with van der Waals surface area (Å²) in [5.74, 6) is 1.33. The number of hydrogen-bond acceptors (Lipinski definition) is 6. The van der Waals surface area contributed by atoms with Crippen molar-refractivity contribution in [1.82, 2.24) is 14.9 Å². The molecular formula is C21H25FN4O2. The molecule has 3 aliphatic rings. The molecule has 28 heavy (non-hydrogen) atoms. The highest BCUT2D eigenvalue weighted by atomic mass is 19.1. The van der Waals surface area contributed by atoms with Gasteiger partial charge in [-0.1, -0.05) is 0 Å². The molecule has 2 aromatic rings. The number of aromatic nitrogens is 2. The van der Waals surface area contributed by atoms with Gasteiger partial charge in [-0.25, -0.2) is 14.4 Å². The van der Waals surface area contributed by atoms with E-state index in [4.69, 9.17) is 14.5 Å². The third-order valence-corrected chi connectivity index (χ3v) is 6.22. The van der Waals surface area contributed by atoms with Gasteiger partial charge in [-0.2, -0.15) is 0 Å². The van der Waals surface area contributed by atoms with E-state index in [1.54, 1.807) is 13.2 Å². The van der Waals surface area contributed by atoms with Gasteiger partial charge in [0.1, 0.15) is 11.6 Å². The smallest absolute Gasteiger partial charge is 0.225 e. The topological polar surface area (TPSA) is 50.7 Å². The van der Waals surface area contributed by atoms with Crippen LogP contribution in [0.15, 0.2) is 24.4 Å². The first-order valence-electron chi connectivity index (χ1n) is 9.99. The second kappa shape index (κ2) is 7.29. The molecule has 1 aromatic carbocycles. The number of anilines is 1. The Morgan fingerprint density at radius 2 is 2.11 bits per heavy atom. The lowest BCUT2D eigenvalue weighted by atomic mass is 9.98. The summed E-state index contributed by atoms with van der Waals surface area (Å²) in [6.45, 7) is 3.72. The molecule has 148 valence electrons. The van der Waals surface area contributed by atoms with E-state index in [1.807, 2.05) is 12.3 Å². The molecule has 0 saturated carbocycles. The van der Waals surface area contributed by atoms with Gasteiger partial charge in [0.25, 0.3) is 0 Å². The maximum Gasteiger partial charge on any atom is 0.225 e. The number of hydrogen-bond donors (Lipinski definition) is 0. The van der Waals surface area contributed by atoms with Gasteiger partial charge in [0.2, 0.25) is 5.95 Å². The van der Waals surface area contributed by atoms with Crippen molar-refractivity contribution in [3.05, 3.63) is 47.0 Å². The molecule has 0 N–H and O–H groups in total. The highest BCUT2D eigenvalue weighted by Crippen LogP contribution is 2.44. The fourth-order valence-corrected chi connectivity index (χ4v) is 4.72. The number of halogens is 1. The van der Waals surface area contributed by atoms with E-state index in [1.165, 1.54) is 11.6 Å². The number of fused-ring (bicyclic) bond motifs is 4. The summed E-state index contributed by atoms with van der Waals surface area (Å²) in [6, 6.07) is 5.63. The molecule has 2 bridgehead atoms. The van der Waals surface area contributed by atoms with Gasteiger partial charge in [-0.15, -0.1) is 0 Å². The van der Waals surface area contributed by atoms with Crippen molar-refractivity contribution >= 4 is 5.95 Å². The van der Waals surface area contributed by atoms with Gasteiger partial charge in [0, 0.05) is 55.5 Å². The zero-order valence-corrected chi connectivity index (χ0v) is 16.1. The summed E-state index contributed by atoms with van der Waals surface area (Å²) in [6.07, 6.45) is 5.08. The van der Waals surface area contributed by atoms with Crippen LogP contribution in [0, 0.1) is 5.82 Å². The van der Waals surface area contributed by atoms with Gasteiger partial charge in [-0.05, 0) is 31.0 Å². The summed E-state index contributed by atoms with van der Waals surface area (Å²) < 4.78 is 25.1. The van der Waals surface area contributed by atoms with Crippen molar-refractivity contribution in [3.8, 4) is 5.75 Å². The standard InChI is InChI=1S/C21H25FN4O2/c1-27-16-3-4-18(22)14(10-16)13-26-15-2-5-20(26)17-12-23-21(24-19(17)11-15)25-6-8-28-9-7-25/h3-4,10,12,15,20H,2,5-9,11,13H2,1H3. The number of methoxy groups -OCH3 is 1. The summed E-state index contributed by atoms with van der Waals surface area (Å²) in [4.78, 5) is 14.2. The third kappa shape index (κ3) is 3.12. The molecule has 2 atom stereocenters. The first-order valence-corrected chi connectivity index (χ1v) is 9.99. The van der Waals surface area contributed by atoms with Crippen molar-refractivity contribution in [3.63, 3.8) is 0 Å². The minimum absolute atomic E-state index is 0.176. The van der Waals surface area contributed by atoms with Crippen LogP contribution < -0.4 is 9.64 Å². The van der Waals surface area contributed by atoms with Crippen molar-refractivity contribution in [1.29, 1.82) is 0 Å². The molecule has 2 unspecified atom stereocenters. The lowest BCUT2D eigenvalue weighted by molar-refractivity contribution is 0.122. The quantitative estimate of drug-likeness (QED) is 0.808. The maximum absolute atomic E-state index is 14.4. The Morgan fingerprint density at radius 3 is 2.93 bits per heavy atom. The van der Waals surface area contributed by atoms with Crippen LogP contribution in [0.4, 0.5) is 10.3 Å². The van der Waals surface area contributed by atoms with E-state index in [9.17, 15) is 4.39 Å². The Labute approximate surface area is 164 Å². The summed E-state index contributed by atoms with van der Waals surface area (Å²) in [7, 11) is 1.61. The molecule has 0 radical (unpaired) electrons. The largest absolute Gasteiger partial charge is 0.497 e. The maximum atomic E-state index is 14.4. The van der Waals surface area contributed by atoms with Gasteiger partial charge < -0.3 is 14.4 Å². The number of benzene rings is 1. The number of ether oxygens (including phenoxy) is 2. The van der Waals surface area contributed by atoms with Crippen LogP contribution in [-0.2, 0) is 17.7 Å². The normalized spacial score (nSPS) is 24.3. The average molecular weight is 384 g/mol. The van der Waals surface area contributed by atoms with Crippen molar-refractivity contribution in [2.75, 3.05) is 38.3 Å². The Bertz CT molecular complexity index is 871. The fourth-order valence-electron chi connectivity index (χ4n) is 4.72. The summed E-state index contributed by atoms with van der Waals surface area (Å²) >= 11 is 0. The second-order valence-electron chi connectivity index (χ2n) is 7.75. The first-order chi connectivity index (χ1) is 13.7. The van der Waals surface area contributed by atoms with E-state index in [0.717, 1.165) is 57.2 Å². The van der Waals surface area contributed by atoms with E-state index in [2.05, 4.69) is 14.8 Å². The summed E-state index contributed by atoms with van der Waals surface area (Å²) in [5, 5.41) is 0.